The molecule has 2 N–H and O–H groups in total. The zero-order valence-electron chi connectivity index (χ0n) is 8.41. The Morgan fingerprint density at radius 3 is 2.69 bits per heavy atom. The Morgan fingerprint density at radius 2 is 2.06 bits per heavy atom. The highest BCUT2D eigenvalue weighted by atomic mass is 32.2. The predicted octanol–water partition coefficient (Wildman–Crippen LogP) is -0.419. The zero-order chi connectivity index (χ0) is 11.9. The standard InChI is InChI=1S/C9H9N3O3S/c1-12-5-11-6-3-2-4-7(16(10,14)15)8(6)9(12)13/h2-5H,1H3,(H2,10,14,15). The molecule has 0 spiro atoms. The van der Waals surface area contributed by atoms with Crippen LogP contribution in [0.15, 0.2) is 34.2 Å². The van der Waals surface area contributed by atoms with Crippen molar-refractivity contribution in [2.24, 2.45) is 12.2 Å². The van der Waals surface area contributed by atoms with Gasteiger partial charge in [-0.15, -0.1) is 0 Å². The fraction of sp³-hybridized carbons (Fsp3) is 0.111. The van der Waals surface area contributed by atoms with Crippen LogP contribution < -0.4 is 10.7 Å². The van der Waals surface area contributed by atoms with E-state index in [-0.39, 0.29) is 10.3 Å². The van der Waals surface area contributed by atoms with Crippen LogP contribution in [0.3, 0.4) is 0 Å². The Balaban J connectivity index is 3.09. The molecule has 16 heavy (non-hydrogen) atoms. The molecular weight excluding hydrogens is 230 g/mol. The quantitative estimate of drug-likeness (QED) is 0.731. The molecule has 2 aromatic rings. The summed E-state index contributed by atoms with van der Waals surface area (Å²) < 4.78 is 23.8. The SMILES string of the molecule is Cn1cnc2cccc(S(N)(=O)=O)c2c1=O. The molecule has 0 amide bonds. The molecule has 2 rings (SSSR count). The zero-order valence-corrected chi connectivity index (χ0v) is 9.23. The first-order valence-corrected chi connectivity index (χ1v) is 5.93. The van der Waals surface area contributed by atoms with Crippen molar-refractivity contribution in [1.29, 1.82) is 0 Å². The van der Waals surface area contributed by atoms with Gasteiger partial charge >= 0.3 is 0 Å². The molecule has 7 heteroatoms. The van der Waals surface area contributed by atoms with E-state index in [4.69, 9.17) is 5.14 Å². The van der Waals surface area contributed by atoms with Gasteiger partial charge in [-0.25, -0.2) is 18.5 Å². The fourth-order valence-corrected chi connectivity index (χ4v) is 2.20. The molecule has 0 aliphatic heterocycles. The molecule has 0 fully saturated rings. The molecule has 0 unspecified atom stereocenters. The van der Waals surface area contributed by atoms with Gasteiger partial charge in [0.1, 0.15) is 0 Å². The van der Waals surface area contributed by atoms with Gasteiger partial charge < -0.3 is 4.57 Å². The largest absolute Gasteiger partial charge is 0.302 e. The number of primary sulfonamides is 1. The number of aromatic nitrogens is 2. The highest BCUT2D eigenvalue weighted by Gasteiger charge is 2.15. The lowest BCUT2D eigenvalue weighted by atomic mass is 10.2. The van der Waals surface area contributed by atoms with E-state index in [1.807, 2.05) is 0 Å². The van der Waals surface area contributed by atoms with E-state index in [9.17, 15) is 13.2 Å². The average molecular weight is 239 g/mol. The Labute approximate surface area is 91.4 Å². The minimum atomic E-state index is -3.92. The van der Waals surface area contributed by atoms with Crippen molar-refractivity contribution in [3.8, 4) is 0 Å². The summed E-state index contributed by atoms with van der Waals surface area (Å²) in [5, 5.41) is 5.06. The average Bonchev–Trinajstić information content (AvgIpc) is 2.21. The third kappa shape index (κ3) is 1.59. The van der Waals surface area contributed by atoms with Crippen LogP contribution in [0.2, 0.25) is 0 Å². The van der Waals surface area contributed by atoms with Gasteiger partial charge in [0.15, 0.2) is 0 Å². The summed E-state index contributed by atoms with van der Waals surface area (Å²) in [6.45, 7) is 0. The molecule has 0 atom stereocenters. The molecule has 1 aromatic carbocycles. The maximum absolute atomic E-state index is 11.8. The van der Waals surface area contributed by atoms with E-state index in [0.717, 1.165) is 0 Å². The summed E-state index contributed by atoms with van der Waals surface area (Å²) in [5.41, 5.74) is -0.121. The summed E-state index contributed by atoms with van der Waals surface area (Å²) >= 11 is 0. The van der Waals surface area contributed by atoms with Gasteiger partial charge in [-0.05, 0) is 12.1 Å². The predicted molar refractivity (Wildman–Crippen MR) is 58.4 cm³/mol. The van der Waals surface area contributed by atoms with Crippen molar-refractivity contribution in [3.05, 3.63) is 34.9 Å². The van der Waals surface area contributed by atoms with Gasteiger partial charge in [0.05, 0.1) is 22.1 Å². The van der Waals surface area contributed by atoms with E-state index in [1.54, 1.807) is 6.07 Å². The third-order valence-corrected chi connectivity index (χ3v) is 3.17. The molecule has 0 aliphatic carbocycles. The minimum Gasteiger partial charge on any atom is -0.302 e. The van der Waals surface area contributed by atoms with Crippen LogP contribution in [0, 0.1) is 0 Å². The number of hydrogen-bond donors (Lipinski definition) is 1. The number of hydrogen-bond acceptors (Lipinski definition) is 4. The topological polar surface area (TPSA) is 95.1 Å². The molecule has 0 bridgehead atoms. The van der Waals surface area contributed by atoms with Crippen LogP contribution >= 0.6 is 0 Å². The van der Waals surface area contributed by atoms with E-state index < -0.39 is 15.6 Å². The van der Waals surface area contributed by atoms with Crippen LogP contribution in [-0.4, -0.2) is 18.0 Å². The lowest BCUT2D eigenvalue weighted by molar-refractivity contribution is 0.598. The maximum atomic E-state index is 11.8. The second-order valence-electron chi connectivity index (χ2n) is 3.36. The number of aryl methyl sites for hydroxylation is 1. The summed E-state index contributed by atoms with van der Waals surface area (Å²) in [6, 6.07) is 4.35. The van der Waals surface area contributed by atoms with Gasteiger partial charge in [0.2, 0.25) is 10.0 Å². The molecule has 1 aromatic heterocycles. The van der Waals surface area contributed by atoms with Crippen molar-refractivity contribution in [2.75, 3.05) is 0 Å². The number of sulfonamides is 1. The van der Waals surface area contributed by atoms with E-state index in [0.29, 0.717) is 5.52 Å². The number of rotatable bonds is 1. The highest BCUT2D eigenvalue weighted by molar-refractivity contribution is 7.89. The van der Waals surface area contributed by atoms with Gasteiger partial charge in [-0.2, -0.15) is 0 Å². The highest BCUT2D eigenvalue weighted by Crippen LogP contribution is 2.16. The number of nitrogens with zero attached hydrogens (tertiary/aromatic N) is 2. The first-order chi connectivity index (χ1) is 7.41. The van der Waals surface area contributed by atoms with Crippen LogP contribution in [0.1, 0.15) is 0 Å². The van der Waals surface area contributed by atoms with Crippen LogP contribution in [0.5, 0.6) is 0 Å². The van der Waals surface area contributed by atoms with E-state index >= 15 is 0 Å². The lowest BCUT2D eigenvalue weighted by Gasteiger charge is -2.04. The van der Waals surface area contributed by atoms with Gasteiger partial charge in [0.25, 0.3) is 5.56 Å². The Bertz CT molecular complexity index is 718. The smallest absolute Gasteiger partial charge is 0.262 e. The minimum absolute atomic E-state index is 0.0231. The van der Waals surface area contributed by atoms with Crippen molar-refractivity contribution in [1.82, 2.24) is 9.55 Å². The Morgan fingerprint density at radius 1 is 1.38 bits per heavy atom. The first kappa shape index (κ1) is 10.8. The molecule has 0 saturated carbocycles. The first-order valence-electron chi connectivity index (χ1n) is 4.38. The second kappa shape index (κ2) is 3.39. The van der Waals surface area contributed by atoms with Crippen LogP contribution in [0.4, 0.5) is 0 Å². The summed E-state index contributed by atoms with van der Waals surface area (Å²) in [7, 11) is -2.43. The van der Waals surface area contributed by atoms with Crippen LogP contribution in [-0.2, 0) is 17.1 Å². The number of fused-ring (bicyclic) bond motifs is 1. The van der Waals surface area contributed by atoms with Gasteiger partial charge in [-0.1, -0.05) is 6.07 Å². The second-order valence-corrected chi connectivity index (χ2v) is 4.89. The lowest BCUT2D eigenvalue weighted by Crippen LogP contribution is -2.21. The van der Waals surface area contributed by atoms with Crippen molar-refractivity contribution in [3.63, 3.8) is 0 Å². The molecule has 0 aliphatic rings. The van der Waals surface area contributed by atoms with Crippen molar-refractivity contribution >= 4 is 20.9 Å². The number of benzene rings is 1. The molecule has 1 heterocycles. The van der Waals surface area contributed by atoms with Crippen molar-refractivity contribution in [2.45, 2.75) is 4.90 Å². The molecular formula is C9H9N3O3S. The normalized spacial score (nSPS) is 11.9. The van der Waals surface area contributed by atoms with E-state index in [2.05, 4.69) is 4.98 Å². The monoisotopic (exact) mass is 239 g/mol. The van der Waals surface area contributed by atoms with E-state index in [1.165, 1.54) is 30.1 Å². The van der Waals surface area contributed by atoms with Gasteiger partial charge in [-0.3, -0.25) is 4.79 Å². The molecule has 6 nitrogen and oxygen atoms in total. The van der Waals surface area contributed by atoms with Crippen molar-refractivity contribution < 1.29 is 8.42 Å². The number of nitrogens with two attached hydrogens (primary N) is 1. The van der Waals surface area contributed by atoms with Gasteiger partial charge in [0, 0.05) is 7.05 Å². The van der Waals surface area contributed by atoms with Crippen LogP contribution in [0.25, 0.3) is 10.9 Å². The summed E-state index contributed by atoms with van der Waals surface area (Å²) in [4.78, 5) is 15.6. The molecule has 84 valence electrons. The summed E-state index contributed by atoms with van der Waals surface area (Å²) in [5.74, 6) is 0. The Hall–Kier alpha value is -1.73. The summed E-state index contributed by atoms with van der Waals surface area (Å²) in [6.07, 6.45) is 1.33. The fourth-order valence-electron chi connectivity index (χ4n) is 1.46. The maximum Gasteiger partial charge on any atom is 0.262 e. The molecule has 0 saturated heterocycles. The Kier molecular flexibility index (Phi) is 2.28. The molecule has 0 radical (unpaired) electrons. The third-order valence-electron chi connectivity index (χ3n) is 2.21.